The van der Waals surface area contributed by atoms with Crippen molar-refractivity contribution < 1.29 is 9.28 Å². The van der Waals surface area contributed by atoms with Gasteiger partial charge in [0.15, 0.2) is 0 Å². The fourth-order valence-corrected chi connectivity index (χ4v) is 0.472. The van der Waals surface area contributed by atoms with Crippen LogP contribution in [-0.4, -0.2) is 30.0 Å². The second kappa shape index (κ2) is 2.35. The van der Waals surface area contributed by atoms with Crippen LogP contribution in [0.5, 0.6) is 0 Å². The maximum absolute atomic E-state index is 11.1. The molecule has 0 unspecified atom stereocenters. The van der Waals surface area contributed by atoms with E-state index in [2.05, 4.69) is 20.8 Å². The van der Waals surface area contributed by atoms with Crippen molar-refractivity contribution in [3.63, 3.8) is 0 Å². The summed E-state index contributed by atoms with van der Waals surface area (Å²) < 4.78 is 0.438. The fourth-order valence-electron chi connectivity index (χ4n) is 0.472. The van der Waals surface area contributed by atoms with Gasteiger partial charge >= 0.3 is 5.91 Å². The summed E-state index contributed by atoms with van der Waals surface area (Å²) in [6.45, 7) is 7.82. The van der Waals surface area contributed by atoms with Crippen LogP contribution >= 0.6 is 0 Å². The molecule has 0 aromatic rings. The van der Waals surface area contributed by atoms with Crippen LogP contribution in [0.15, 0.2) is 0 Å². The van der Waals surface area contributed by atoms with Gasteiger partial charge in [0.1, 0.15) is 0 Å². The summed E-state index contributed by atoms with van der Waals surface area (Å²) in [5.41, 5.74) is 0.00579. The summed E-state index contributed by atoms with van der Waals surface area (Å²) in [7, 11) is 3.87. The largest absolute Gasteiger partial charge is 0.310 e. The van der Waals surface area contributed by atoms with Gasteiger partial charge in [-0.3, -0.25) is 4.48 Å². The Balaban J connectivity index is 4.57. The number of carbonyl (C=O) groups is 1. The van der Waals surface area contributed by atoms with Gasteiger partial charge in [-0.1, -0.05) is 0 Å². The van der Waals surface area contributed by atoms with Crippen molar-refractivity contribution >= 4 is 5.91 Å². The molecule has 60 valence electrons. The van der Waals surface area contributed by atoms with E-state index in [1.807, 2.05) is 14.1 Å². The first-order valence-corrected chi connectivity index (χ1v) is 3.55. The number of amides is 1. The standard InChI is InChI=1S/C8H18NO/c1-7(10)9(5,6)8(2,3)4/h1-6H3/q+1. The van der Waals surface area contributed by atoms with Gasteiger partial charge in [0.2, 0.25) is 0 Å². The molecule has 0 radical (unpaired) electrons. The van der Waals surface area contributed by atoms with Crippen molar-refractivity contribution in [2.45, 2.75) is 33.2 Å². The van der Waals surface area contributed by atoms with Crippen molar-refractivity contribution in [3.05, 3.63) is 0 Å². The molecule has 2 heteroatoms. The van der Waals surface area contributed by atoms with Gasteiger partial charge in [0.05, 0.1) is 26.6 Å². The van der Waals surface area contributed by atoms with Crippen LogP contribution in [0.25, 0.3) is 0 Å². The third-order valence-electron chi connectivity index (χ3n) is 2.46. The highest BCUT2D eigenvalue weighted by molar-refractivity contribution is 5.65. The van der Waals surface area contributed by atoms with Gasteiger partial charge in [-0.25, -0.2) is 4.79 Å². The lowest BCUT2D eigenvalue weighted by Crippen LogP contribution is -2.57. The summed E-state index contributed by atoms with van der Waals surface area (Å²) in [6.07, 6.45) is 0. The van der Waals surface area contributed by atoms with Gasteiger partial charge in [-0.15, -0.1) is 0 Å². The van der Waals surface area contributed by atoms with E-state index < -0.39 is 0 Å². The highest BCUT2D eigenvalue weighted by Crippen LogP contribution is 2.18. The number of quaternary nitrogens is 1. The summed E-state index contributed by atoms with van der Waals surface area (Å²) in [5, 5.41) is 0. The highest BCUT2D eigenvalue weighted by Gasteiger charge is 2.35. The third kappa shape index (κ3) is 1.57. The van der Waals surface area contributed by atoms with E-state index in [4.69, 9.17) is 0 Å². The third-order valence-corrected chi connectivity index (χ3v) is 2.46. The van der Waals surface area contributed by atoms with Crippen LogP contribution in [0.2, 0.25) is 0 Å². The fraction of sp³-hybridized carbons (Fsp3) is 0.875. The molecule has 0 saturated carbocycles. The number of rotatable bonds is 0. The van der Waals surface area contributed by atoms with E-state index in [0.29, 0.717) is 4.48 Å². The molecule has 2 nitrogen and oxygen atoms in total. The monoisotopic (exact) mass is 144 g/mol. The number of hydrogen-bond donors (Lipinski definition) is 0. The molecular formula is C8H18NO+. The van der Waals surface area contributed by atoms with Crippen LogP contribution in [0, 0.1) is 0 Å². The lowest BCUT2D eigenvalue weighted by molar-refractivity contribution is -0.862. The predicted octanol–water partition coefficient (Wildman–Crippen LogP) is 1.41. The van der Waals surface area contributed by atoms with E-state index in [9.17, 15) is 4.79 Å². The summed E-state index contributed by atoms with van der Waals surface area (Å²) >= 11 is 0. The van der Waals surface area contributed by atoms with Gasteiger partial charge in [-0.05, 0) is 20.8 Å². The molecular weight excluding hydrogens is 126 g/mol. The van der Waals surface area contributed by atoms with Gasteiger partial charge in [0.25, 0.3) is 0 Å². The summed E-state index contributed by atoms with van der Waals surface area (Å²) in [6, 6.07) is 0. The normalized spacial score (nSPS) is 13.4. The minimum atomic E-state index is 0.00579. The molecule has 0 spiro atoms. The molecule has 0 rings (SSSR count). The lowest BCUT2D eigenvalue weighted by Gasteiger charge is -2.38. The highest BCUT2D eigenvalue weighted by atomic mass is 16.2. The average molecular weight is 144 g/mol. The maximum atomic E-state index is 11.1. The van der Waals surface area contributed by atoms with Crippen molar-refractivity contribution in [3.8, 4) is 0 Å². The molecule has 0 aromatic heterocycles. The Morgan fingerprint density at radius 3 is 1.50 bits per heavy atom. The predicted molar refractivity (Wildman–Crippen MR) is 42.5 cm³/mol. The first kappa shape index (κ1) is 9.63. The molecule has 10 heavy (non-hydrogen) atoms. The molecule has 0 bridgehead atoms. The molecule has 0 aliphatic rings. The topological polar surface area (TPSA) is 17.1 Å². The van der Waals surface area contributed by atoms with Crippen LogP contribution < -0.4 is 0 Å². The molecule has 1 amide bonds. The summed E-state index contributed by atoms with van der Waals surface area (Å²) in [5.74, 6) is 0.201. The second-order valence-electron chi connectivity index (χ2n) is 4.14. The molecule has 0 aromatic carbocycles. The van der Waals surface area contributed by atoms with Crippen molar-refractivity contribution in [1.82, 2.24) is 0 Å². The molecule has 0 aliphatic heterocycles. The summed E-state index contributed by atoms with van der Waals surface area (Å²) in [4.78, 5) is 11.1. The zero-order valence-corrected chi connectivity index (χ0v) is 7.86. The molecule has 0 atom stereocenters. The van der Waals surface area contributed by atoms with Crippen LogP contribution in [0.4, 0.5) is 0 Å². The smallest absolute Gasteiger partial charge is 0.262 e. The van der Waals surface area contributed by atoms with E-state index in [0.717, 1.165) is 0 Å². The van der Waals surface area contributed by atoms with Gasteiger partial charge in [-0.2, -0.15) is 0 Å². The van der Waals surface area contributed by atoms with Gasteiger partial charge < -0.3 is 0 Å². The van der Waals surface area contributed by atoms with E-state index in [1.54, 1.807) is 6.92 Å². The molecule has 0 saturated heterocycles. The minimum Gasteiger partial charge on any atom is -0.262 e. The van der Waals surface area contributed by atoms with Crippen LogP contribution in [-0.2, 0) is 4.79 Å². The number of carbonyl (C=O) groups excluding carboxylic acids is 1. The lowest BCUT2D eigenvalue weighted by atomic mass is 10.0. The Labute approximate surface area is 63.4 Å². The maximum Gasteiger partial charge on any atom is 0.310 e. The molecule has 0 aliphatic carbocycles. The Bertz CT molecular complexity index is 142. The Kier molecular flexibility index (Phi) is 2.26. The number of nitrogens with zero attached hydrogens (tertiary/aromatic N) is 1. The molecule has 0 heterocycles. The SMILES string of the molecule is CC(=O)[N+](C)(C)C(C)(C)C. The minimum absolute atomic E-state index is 0.00579. The van der Waals surface area contributed by atoms with Crippen LogP contribution in [0.1, 0.15) is 27.7 Å². The zero-order chi connectivity index (χ0) is 8.58. The van der Waals surface area contributed by atoms with E-state index >= 15 is 0 Å². The van der Waals surface area contributed by atoms with Crippen LogP contribution in [0.3, 0.4) is 0 Å². The van der Waals surface area contributed by atoms with Crippen molar-refractivity contribution in [2.75, 3.05) is 14.1 Å². The molecule has 0 N–H and O–H groups in total. The Hall–Kier alpha value is -0.370. The quantitative estimate of drug-likeness (QED) is 0.470. The second-order valence-corrected chi connectivity index (χ2v) is 4.14. The first-order chi connectivity index (χ1) is 4.19. The first-order valence-electron chi connectivity index (χ1n) is 3.55. The Morgan fingerprint density at radius 2 is 1.50 bits per heavy atom. The van der Waals surface area contributed by atoms with Crippen molar-refractivity contribution in [1.29, 1.82) is 0 Å². The zero-order valence-electron chi connectivity index (χ0n) is 7.86. The van der Waals surface area contributed by atoms with Gasteiger partial charge in [0, 0.05) is 0 Å². The molecule has 0 fully saturated rings. The van der Waals surface area contributed by atoms with E-state index in [-0.39, 0.29) is 11.4 Å². The van der Waals surface area contributed by atoms with E-state index in [1.165, 1.54) is 0 Å². The van der Waals surface area contributed by atoms with Crippen molar-refractivity contribution in [2.24, 2.45) is 0 Å². The number of hydrogen-bond acceptors (Lipinski definition) is 1. The Morgan fingerprint density at radius 1 is 1.20 bits per heavy atom. The average Bonchev–Trinajstić information content (AvgIpc) is 1.62.